The number of nitrogens with zero attached hydrogens (tertiary/aromatic N) is 2. The lowest BCUT2D eigenvalue weighted by molar-refractivity contribution is 0.0212. The van der Waals surface area contributed by atoms with E-state index in [9.17, 15) is 9.50 Å². The van der Waals surface area contributed by atoms with E-state index in [1.165, 1.54) is 12.1 Å². The van der Waals surface area contributed by atoms with Gasteiger partial charge in [-0.2, -0.15) is 0 Å². The second-order valence-electron chi connectivity index (χ2n) is 8.65. The van der Waals surface area contributed by atoms with E-state index in [1.807, 2.05) is 37.3 Å². The number of rotatable bonds is 10. The van der Waals surface area contributed by atoms with Crippen LogP contribution in [0.4, 0.5) is 4.39 Å². The Bertz CT molecular complexity index is 1170. The summed E-state index contributed by atoms with van der Waals surface area (Å²) in [5.74, 6) is 0.459. The molecule has 0 bridgehead atoms. The Morgan fingerprint density at radius 1 is 1.11 bits per heavy atom. The number of para-hydroxylation sites is 1. The molecule has 0 aromatic heterocycles. The predicted octanol–water partition coefficient (Wildman–Crippen LogP) is 5.88. The molecule has 184 valence electrons. The van der Waals surface area contributed by atoms with Gasteiger partial charge in [-0.05, 0) is 48.4 Å². The first-order valence-corrected chi connectivity index (χ1v) is 12.1. The van der Waals surface area contributed by atoms with Crippen LogP contribution in [0.1, 0.15) is 23.1 Å². The zero-order valence-electron chi connectivity index (χ0n) is 19.3. The van der Waals surface area contributed by atoms with Gasteiger partial charge >= 0.3 is 0 Å². The van der Waals surface area contributed by atoms with Crippen molar-refractivity contribution in [2.75, 3.05) is 19.7 Å². The maximum absolute atomic E-state index is 13.4. The van der Waals surface area contributed by atoms with Crippen LogP contribution in [-0.4, -0.2) is 47.6 Å². The first-order chi connectivity index (χ1) is 16.9. The number of aliphatic hydroxyl groups excluding tert-OH is 1. The van der Waals surface area contributed by atoms with E-state index >= 15 is 0 Å². The summed E-state index contributed by atoms with van der Waals surface area (Å²) in [6.07, 6.45) is -0.343. The van der Waals surface area contributed by atoms with Crippen molar-refractivity contribution >= 4 is 28.9 Å². The van der Waals surface area contributed by atoms with E-state index in [1.54, 1.807) is 24.3 Å². The third-order valence-corrected chi connectivity index (χ3v) is 6.50. The van der Waals surface area contributed by atoms with Crippen molar-refractivity contribution in [2.45, 2.75) is 32.1 Å². The fraction of sp³-hybridized carbons (Fsp3) is 0.296. The summed E-state index contributed by atoms with van der Waals surface area (Å²) in [4.78, 5) is 7.77. The minimum absolute atomic E-state index is 0.154. The average molecular weight is 517 g/mol. The van der Waals surface area contributed by atoms with Gasteiger partial charge in [0.1, 0.15) is 30.4 Å². The first kappa shape index (κ1) is 25.5. The van der Waals surface area contributed by atoms with E-state index < -0.39 is 6.10 Å². The zero-order chi connectivity index (χ0) is 24.8. The van der Waals surface area contributed by atoms with E-state index in [0.717, 1.165) is 28.2 Å². The van der Waals surface area contributed by atoms with Crippen LogP contribution in [0.5, 0.6) is 5.75 Å². The maximum atomic E-state index is 13.4. The molecule has 2 atom stereocenters. The molecule has 5 nitrogen and oxygen atoms in total. The van der Waals surface area contributed by atoms with E-state index in [4.69, 9.17) is 32.8 Å². The van der Waals surface area contributed by atoms with Gasteiger partial charge in [0.25, 0.3) is 0 Å². The summed E-state index contributed by atoms with van der Waals surface area (Å²) in [6.45, 7) is 3.51. The monoisotopic (exact) mass is 516 g/mol. The van der Waals surface area contributed by atoms with Crippen molar-refractivity contribution < 1.29 is 19.1 Å². The Morgan fingerprint density at radius 3 is 2.63 bits per heavy atom. The minimum Gasteiger partial charge on any atom is -0.491 e. The zero-order valence-corrected chi connectivity index (χ0v) is 20.8. The van der Waals surface area contributed by atoms with Crippen LogP contribution in [-0.2, 0) is 11.4 Å². The molecule has 35 heavy (non-hydrogen) atoms. The van der Waals surface area contributed by atoms with Crippen molar-refractivity contribution in [3.8, 4) is 5.75 Å². The summed E-state index contributed by atoms with van der Waals surface area (Å²) in [7, 11) is 0. The molecule has 1 N–H and O–H groups in total. The van der Waals surface area contributed by atoms with Crippen LogP contribution in [0.15, 0.2) is 71.9 Å². The molecule has 4 rings (SSSR count). The molecule has 1 aliphatic heterocycles. The third kappa shape index (κ3) is 7.18. The summed E-state index contributed by atoms with van der Waals surface area (Å²) < 4.78 is 19.2. The molecule has 1 aliphatic rings. The lowest BCUT2D eigenvalue weighted by Crippen LogP contribution is -2.39. The average Bonchev–Trinajstić information content (AvgIpc) is 3.30. The van der Waals surface area contributed by atoms with Crippen LogP contribution in [0.3, 0.4) is 0 Å². The number of aryl methyl sites for hydroxylation is 1. The van der Waals surface area contributed by atoms with Crippen molar-refractivity contribution in [1.82, 2.24) is 4.90 Å². The van der Waals surface area contributed by atoms with Crippen molar-refractivity contribution in [3.05, 3.63) is 99.3 Å². The Labute approximate surface area is 214 Å². The molecule has 0 unspecified atom stereocenters. The van der Waals surface area contributed by atoms with E-state index in [0.29, 0.717) is 36.1 Å². The normalized spacial score (nSPS) is 16.2. The highest BCUT2D eigenvalue weighted by Crippen LogP contribution is 2.26. The van der Waals surface area contributed by atoms with Gasteiger partial charge in [-0.1, -0.05) is 64.8 Å². The van der Waals surface area contributed by atoms with Crippen LogP contribution < -0.4 is 4.74 Å². The molecule has 3 aromatic carbocycles. The molecular weight excluding hydrogens is 490 g/mol. The predicted molar refractivity (Wildman–Crippen MR) is 137 cm³/mol. The maximum Gasteiger partial charge on any atom is 0.145 e. The van der Waals surface area contributed by atoms with Gasteiger partial charge in [0.05, 0.1) is 15.8 Å². The highest BCUT2D eigenvalue weighted by Gasteiger charge is 2.26. The standard InChI is InChI=1S/C27H27Cl2FN2O3/c1-18-4-2-3-5-27(18)34-17-22(33)15-32(14-19-6-9-21(30)10-7-19)16-23-13-26(31-35-23)20-8-11-24(28)25(29)12-20/h2-12,22-23,33H,13-17H2,1H3/t22-,23+/m1/s1. The quantitative estimate of drug-likeness (QED) is 0.365. The first-order valence-electron chi connectivity index (χ1n) is 11.4. The van der Waals surface area contributed by atoms with Crippen LogP contribution in [0, 0.1) is 12.7 Å². The topological polar surface area (TPSA) is 54.3 Å². The Balaban J connectivity index is 1.39. The van der Waals surface area contributed by atoms with Gasteiger partial charge < -0.3 is 14.7 Å². The van der Waals surface area contributed by atoms with E-state index in [2.05, 4.69) is 10.1 Å². The number of ether oxygens (including phenoxy) is 1. The Morgan fingerprint density at radius 2 is 1.89 bits per heavy atom. The number of benzene rings is 3. The summed E-state index contributed by atoms with van der Waals surface area (Å²) in [6, 6.07) is 19.4. The van der Waals surface area contributed by atoms with Crippen LogP contribution in [0.2, 0.25) is 10.0 Å². The van der Waals surface area contributed by atoms with Gasteiger partial charge in [-0.25, -0.2) is 4.39 Å². The summed E-state index contributed by atoms with van der Waals surface area (Å²) in [5, 5.41) is 15.9. The number of hydrogen-bond donors (Lipinski definition) is 1. The van der Waals surface area contributed by atoms with Crippen LogP contribution >= 0.6 is 23.2 Å². The molecule has 0 amide bonds. The number of hydrogen-bond acceptors (Lipinski definition) is 5. The lowest BCUT2D eigenvalue weighted by Gasteiger charge is -2.27. The Hall–Kier alpha value is -2.64. The molecule has 0 fully saturated rings. The molecule has 3 aromatic rings. The van der Waals surface area contributed by atoms with Crippen LogP contribution in [0.25, 0.3) is 0 Å². The third-order valence-electron chi connectivity index (χ3n) is 5.76. The largest absolute Gasteiger partial charge is 0.491 e. The smallest absolute Gasteiger partial charge is 0.145 e. The summed E-state index contributed by atoms with van der Waals surface area (Å²) in [5.41, 5.74) is 3.59. The van der Waals surface area contributed by atoms with Gasteiger partial charge in [-0.15, -0.1) is 0 Å². The number of oxime groups is 1. The van der Waals surface area contributed by atoms with Crippen molar-refractivity contribution in [3.63, 3.8) is 0 Å². The number of halogens is 3. The van der Waals surface area contributed by atoms with Gasteiger partial charge in [0.2, 0.25) is 0 Å². The fourth-order valence-electron chi connectivity index (χ4n) is 3.97. The molecule has 0 spiro atoms. The van der Waals surface area contributed by atoms with Gasteiger partial charge in [-0.3, -0.25) is 4.90 Å². The molecule has 0 radical (unpaired) electrons. The van der Waals surface area contributed by atoms with Crippen molar-refractivity contribution in [2.24, 2.45) is 5.16 Å². The highest BCUT2D eigenvalue weighted by atomic mass is 35.5. The summed E-state index contributed by atoms with van der Waals surface area (Å²) >= 11 is 12.2. The number of aliphatic hydroxyl groups is 1. The second kappa shape index (κ2) is 11.9. The lowest BCUT2D eigenvalue weighted by atomic mass is 10.0. The fourth-order valence-corrected chi connectivity index (χ4v) is 4.27. The molecular formula is C27H27Cl2FN2O3. The van der Waals surface area contributed by atoms with Gasteiger partial charge in [0.15, 0.2) is 0 Å². The second-order valence-corrected chi connectivity index (χ2v) is 9.46. The van der Waals surface area contributed by atoms with Crippen molar-refractivity contribution in [1.29, 1.82) is 0 Å². The molecule has 1 heterocycles. The molecule has 0 aliphatic carbocycles. The molecule has 0 saturated heterocycles. The SMILES string of the molecule is Cc1ccccc1OC[C@H](O)CN(Cc1ccc(F)cc1)C[C@@H]1CC(c2ccc(Cl)c(Cl)c2)=NO1. The molecule has 0 saturated carbocycles. The van der Waals surface area contributed by atoms with E-state index in [-0.39, 0.29) is 18.5 Å². The van der Waals surface area contributed by atoms with Gasteiger partial charge in [0, 0.05) is 31.6 Å². The minimum atomic E-state index is -0.730. The highest BCUT2D eigenvalue weighted by molar-refractivity contribution is 6.42. The molecule has 8 heteroatoms. The Kier molecular flexibility index (Phi) is 8.63.